The maximum absolute atomic E-state index is 13.3. The second-order valence-electron chi connectivity index (χ2n) is 8.35. The van der Waals surface area contributed by atoms with Gasteiger partial charge in [-0.1, -0.05) is 43.7 Å². The monoisotopic (exact) mass is 452 g/mol. The van der Waals surface area contributed by atoms with Gasteiger partial charge in [-0.15, -0.1) is 0 Å². The van der Waals surface area contributed by atoms with Crippen LogP contribution in [0.3, 0.4) is 0 Å². The van der Waals surface area contributed by atoms with Crippen molar-refractivity contribution in [2.24, 2.45) is 0 Å². The van der Waals surface area contributed by atoms with Crippen molar-refractivity contribution >= 4 is 22.6 Å². The van der Waals surface area contributed by atoms with Crippen LogP contribution < -0.4 is 4.90 Å². The Bertz CT molecular complexity index is 1050. The van der Waals surface area contributed by atoms with Crippen molar-refractivity contribution in [2.75, 3.05) is 24.5 Å². The lowest BCUT2D eigenvalue weighted by molar-refractivity contribution is 0.0673. The summed E-state index contributed by atoms with van der Waals surface area (Å²) in [6, 6.07) is 14.5. The van der Waals surface area contributed by atoms with E-state index < -0.39 is 0 Å². The Morgan fingerprint density at radius 3 is 2.69 bits per heavy atom. The average molecular weight is 453 g/mol. The molecular formula is C25H29FN4OS. The summed E-state index contributed by atoms with van der Waals surface area (Å²) in [5.74, 6) is 0.626. The molecule has 1 aromatic heterocycles. The highest BCUT2D eigenvalue weighted by Gasteiger charge is 2.30. The standard InChI is InChI=1S/C25H29FN4OS/c1-3-4-7-20-8-5-6-9-22(20)24(31)30-15-14-29(17-18(30)2)25-27-23(28-32-25)16-19-10-12-21(26)13-11-19/h5-6,8-13,18H,3-4,7,14-17H2,1-2H3. The number of rotatable bonds is 7. The Morgan fingerprint density at radius 1 is 1.16 bits per heavy atom. The minimum Gasteiger partial charge on any atom is -0.343 e. The van der Waals surface area contributed by atoms with E-state index in [2.05, 4.69) is 29.2 Å². The normalized spacial score (nSPS) is 16.4. The summed E-state index contributed by atoms with van der Waals surface area (Å²) in [5, 5.41) is 0.879. The molecule has 5 nitrogen and oxygen atoms in total. The van der Waals surface area contributed by atoms with Crippen LogP contribution in [-0.2, 0) is 12.8 Å². The van der Waals surface area contributed by atoms with E-state index in [1.54, 1.807) is 12.1 Å². The molecule has 168 valence electrons. The van der Waals surface area contributed by atoms with Crippen LogP contribution in [0.5, 0.6) is 0 Å². The maximum Gasteiger partial charge on any atom is 0.254 e. The first-order valence-corrected chi connectivity index (χ1v) is 12.0. The van der Waals surface area contributed by atoms with Crippen LogP contribution >= 0.6 is 11.5 Å². The van der Waals surface area contributed by atoms with E-state index in [0.717, 1.165) is 60.0 Å². The van der Waals surface area contributed by atoms with Crippen LogP contribution in [0.2, 0.25) is 0 Å². The highest BCUT2D eigenvalue weighted by atomic mass is 32.1. The second-order valence-corrected chi connectivity index (χ2v) is 9.08. The van der Waals surface area contributed by atoms with Crippen LogP contribution in [0.15, 0.2) is 48.5 Å². The average Bonchev–Trinajstić information content (AvgIpc) is 3.27. The fourth-order valence-corrected chi connectivity index (χ4v) is 4.85. The fraction of sp³-hybridized carbons (Fsp3) is 0.400. The van der Waals surface area contributed by atoms with E-state index in [9.17, 15) is 9.18 Å². The molecule has 0 bridgehead atoms. The quantitative estimate of drug-likeness (QED) is 0.508. The summed E-state index contributed by atoms with van der Waals surface area (Å²) in [5.41, 5.74) is 2.96. The summed E-state index contributed by atoms with van der Waals surface area (Å²) in [4.78, 5) is 22.2. The molecule has 1 aliphatic heterocycles. The van der Waals surface area contributed by atoms with Gasteiger partial charge in [-0.05, 0) is 49.1 Å². The molecule has 2 heterocycles. The molecular weight excluding hydrogens is 423 g/mol. The summed E-state index contributed by atoms with van der Waals surface area (Å²) in [7, 11) is 0. The summed E-state index contributed by atoms with van der Waals surface area (Å²) >= 11 is 1.39. The second kappa shape index (κ2) is 10.2. The van der Waals surface area contributed by atoms with Gasteiger partial charge in [0.15, 0.2) is 0 Å². The number of anilines is 1. The van der Waals surface area contributed by atoms with E-state index in [4.69, 9.17) is 4.98 Å². The molecule has 1 unspecified atom stereocenters. The molecule has 0 N–H and O–H groups in total. The number of piperazine rings is 1. The van der Waals surface area contributed by atoms with Gasteiger partial charge in [0.05, 0.1) is 0 Å². The third kappa shape index (κ3) is 5.15. The molecule has 0 aliphatic carbocycles. The fourth-order valence-electron chi connectivity index (χ4n) is 4.13. The van der Waals surface area contributed by atoms with Gasteiger partial charge < -0.3 is 9.80 Å². The largest absolute Gasteiger partial charge is 0.343 e. The third-order valence-corrected chi connectivity index (χ3v) is 6.75. The van der Waals surface area contributed by atoms with Gasteiger partial charge in [-0.2, -0.15) is 4.37 Å². The van der Waals surface area contributed by atoms with E-state index in [1.807, 2.05) is 23.1 Å². The SMILES string of the molecule is CCCCc1ccccc1C(=O)N1CCN(c2nc(Cc3ccc(F)cc3)ns2)CC1C. The zero-order valence-electron chi connectivity index (χ0n) is 18.6. The number of halogens is 1. The van der Waals surface area contributed by atoms with Gasteiger partial charge in [0.2, 0.25) is 5.13 Å². The lowest BCUT2D eigenvalue weighted by Gasteiger charge is -2.40. The number of hydrogen-bond acceptors (Lipinski definition) is 5. The molecule has 1 fully saturated rings. The van der Waals surface area contributed by atoms with Crippen molar-refractivity contribution in [1.29, 1.82) is 0 Å². The minimum atomic E-state index is -0.241. The number of amides is 1. The molecule has 1 amide bonds. The Kier molecular flexibility index (Phi) is 7.15. The molecule has 7 heteroatoms. The Balaban J connectivity index is 1.40. The molecule has 1 saturated heterocycles. The van der Waals surface area contributed by atoms with E-state index in [0.29, 0.717) is 13.0 Å². The van der Waals surface area contributed by atoms with Gasteiger partial charge in [0, 0.05) is 49.2 Å². The zero-order valence-corrected chi connectivity index (χ0v) is 19.4. The van der Waals surface area contributed by atoms with Gasteiger partial charge in [0.1, 0.15) is 11.6 Å². The van der Waals surface area contributed by atoms with Gasteiger partial charge in [-0.25, -0.2) is 9.37 Å². The number of unbranched alkanes of at least 4 members (excludes halogenated alkanes) is 1. The van der Waals surface area contributed by atoms with E-state index in [-0.39, 0.29) is 17.8 Å². The van der Waals surface area contributed by atoms with Gasteiger partial charge in [-0.3, -0.25) is 4.79 Å². The molecule has 1 atom stereocenters. The molecule has 32 heavy (non-hydrogen) atoms. The minimum absolute atomic E-state index is 0.0833. The number of aromatic nitrogens is 2. The predicted molar refractivity (Wildman–Crippen MR) is 127 cm³/mol. The first-order chi connectivity index (χ1) is 15.5. The lowest BCUT2D eigenvalue weighted by Crippen LogP contribution is -2.54. The number of carbonyl (C=O) groups excluding carboxylic acids is 1. The lowest BCUT2D eigenvalue weighted by atomic mass is 10.00. The highest BCUT2D eigenvalue weighted by Crippen LogP contribution is 2.24. The molecule has 3 aromatic rings. The number of aryl methyl sites for hydroxylation is 1. The molecule has 2 aromatic carbocycles. The summed E-state index contributed by atoms with van der Waals surface area (Å²) < 4.78 is 17.6. The predicted octanol–water partition coefficient (Wildman–Crippen LogP) is 4.96. The molecule has 1 aliphatic rings. The van der Waals surface area contributed by atoms with Gasteiger partial charge >= 0.3 is 0 Å². The number of nitrogens with zero attached hydrogens (tertiary/aromatic N) is 4. The van der Waals surface area contributed by atoms with Crippen molar-refractivity contribution in [3.8, 4) is 0 Å². The number of hydrogen-bond donors (Lipinski definition) is 0. The van der Waals surface area contributed by atoms with Crippen molar-refractivity contribution in [1.82, 2.24) is 14.3 Å². The van der Waals surface area contributed by atoms with E-state index >= 15 is 0 Å². The molecule has 0 radical (unpaired) electrons. The molecule has 0 spiro atoms. The van der Waals surface area contributed by atoms with Crippen molar-refractivity contribution in [3.63, 3.8) is 0 Å². The van der Waals surface area contributed by atoms with Crippen LogP contribution in [0.25, 0.3) is 0 Å². The molecule has 0 saturated carbocycles. The van der Waals surface area contributed by atoms with Crippen molar-refractivity contribution in [2.45, 2.75) is 45.6 Å². The van der Waals surface area contributed by atoms with Crippen LogP contribution in [0.1, 0.15) is 54.0 Å². The number of benzene rings is 2. The number of carbonyl (C=O) groups is 1. The first-order valence-electron chi connectivity index (χ1n) is 11.3. The Hall–Kier alpha value is -2.80. The topological polar surface area (TPSA) is 49.3 Å². The van der Waals surface area contributed by atoms with Crippen LogP contribution in [0.4, 0.5) is 9.52 Å². The van der Waals surface area contributed by atoms with Crippen LogP contribution in [-0.4, -0.2) is 45.8 Å². The zero-order chi connectivity index (χ0) is 22.5. The highest BCUT2D eigenvalue weighted by molar-refractivity contribution is 7.09. The Labute approximate surface area is 193 Å². The summed E-state index contributed by atoms with van der Waals surface area (Å²) in [6.07, 6.45) is 3.72. The van der Waals surface area contributed by atoms with Crippen molar-refractivity contribution < 1.29 is 9.18 Å². The molecule has 4 rings (SSSR count). The smallest absolute Gasteiger partial charge is 0.254 e. The summed E-state index contributed by atoms with van der Waals surface area (Å²) in [6.45, 7) is 6.39. The maximum atomic E-state index is 13.3. The van der Waals surface area contributed by atoms with Gasteiger partial charge in [0.25, 0.3) is 5.91 Å². The van der Waals surface area contributed by atoms with Crippen LogP contribution in [0, 0.1) is 5.82 Å². The first kappa shape index (κ1) is 22.4. The van der Waals surface area contributed by atoms with Crippen molar-refractivity contribution in [3.05, 3.63) is 76.9 Å². The Morgan fingerprint density at radius 2 is 1.94 bits per heavy atom. The third-order valence-electron chi connectivity index (χ3n) is 5.94. The van der Waals surface area contributed by atoms with E-state index in [1.165, 1.54) is 23.7 Å².